The van der Waals surface area contributed by atoms with Crippen LogP contribution in [0.25, 0.3) is 18.2 Å². The van der Waals surface area contributed by atoms with Crippen molar-refractivity contribution in [2.45, 2.75) is 38.5 Å². The fraction of sp³-hybridized carbons (Fsp3) is 0.172. The number of aliphatic hydroxyl groups excluding tert-OH is 2. The van der Waals surface area contributed by atoms with Gasteiger partial charge in [0.15, 0.2) is 11.2 Å². The Morgan fingerprint density at radius 3 is 2.59 bits per heavy atom. The van der Waals surface area contributed by atoms with Gasteiger partial charge in [0.2, 0.25) is 0 Å². The quantitative estimate of drug-likeness (QED) is 0.224. The van der Waals surface area contributed by atoms with Crippen LogP contribution >= 0.6 is 44.7 Å². The molecule has 0 spiro atoms. The summed E-state index contributed by atoms with van der Waals surface area (Å²) in [5, 5.41) is 23.1. The molecule has 0 saturated heterocycles. The molecule has 1 aliphatic carbocycles. The summed E-state index contributed by atoms with van der Waals surface area (Å²) in [6.45, 7) is 5.34. The Labute approximate surface area is 232 Å². The molecule has 2 N–H and O–H groups in total. The van der Waals surface area contributed by atoms with Crippen molar-refractivity contribution in [2.24, 2.45) is 0 Å². The zero-order valence-corrected chi connectivity index (χ0v) is 23.9. The topological polar surface area (TPSA) is 74.6 Å². The molecule has 8 heteroatoms. The Balaban J connectivity index is 1.66. The number of aliphatic hydroxyl groups is 2. The maximum atomic E-state index is 13.0. The normalized spacial score (nSPS) is 17.6. The lowest BCUT2D eigenvalue weighted by Gasteiger charge is -2.07. The van der Waals surface area contributed by atoms with Gasteiger partial charge >= 0.3 is 0 Å². The van der Waals surface area contributed by atoms with Gasteiger partial charge in [-0.25, -0.2) is 0 Å². The Morgan fingerprint density at radius 1 is 1.08 bits per heavy atom. The minimum absolute atomic E-state index is 0.0581. The molecule has 37 heavy (non-hydrogen) atoms. The van der Waals surface area contributed by atoms with Crippen molar-refractivity contribution in [3.63, 3.8) is 0 Å². The van der Waals surface area contributed by atoms with Crippen LogP contribution < -0.4 is 15.2 Å². The van der Waals surface area contributed by atoms with Crippen molar-refractivity contribution in [3.8, 4) is 0 Å². The van der Waals surface area contributed by atoms with Gasteiger partial charge in [-0.05, 0) is 56.7 Å². The third kappa shape index (κ3) is 6.62. The van der Waals surface area contributed by atoms with Gasteiger partial charge in [0.25, 0.3) is 0 Å². The van der Waals surface area contributed by atoms with E-state index in [1.54, 1.807) is 25.2 Å². The van der Waals surface area contributed by atoms with Gasteiger partial charge in [-0.15, -0.1) is 11.3 Å². The number of thioether (sulfide) groups is 1. The monoisotopic (exact) mass is 566 g/mol. The Kier molecular flexibility index (Phi) is 9.08. The molecule has 2 aliphatic rings. The Morgan fingerprint density at radius 2 is 1.86 bits per heavy atom. The van der Waals surface area contributed by atoms with Crippen LogP contribution in [0.15, 0.2) is 89.4 Å². The molecular weight excluding hydrogens is 541 g/mol. The number of hydrogen-bond acceptors (Lipinski definition) is 8. The number of hydrogen-bond donors (Lipinski definition) is 2. The molecule has 0 radical (unpaired) electrons. The molecule has 0 fully saturated rings. The second-order valence-electron chi connectivity index (χ2n) is 8.38. The smallest absolute Gasteiger partial charge is 0.194 e. The van der Waals surface area contributed by atoms with E-state index in [9.17, 15) is 19.8 Å². The van der Waals surface area contributed by atoms with Crippen LogP contribution in [0.5, 0.6) is 0 Å². The fourth-order valence-electron chi connectivity index (χ4n) is 3.93. The van der Waals surface area contributed by atoms with Crippen molar-refractivity contribution in [1.29, 1.82) is 0 Å². The number of allylic oxidation sites excluding steroid dienone is 6. The maximum absolute atomic E-state index is 13.0. The molecule has 2 heterocycles. The first-order valence-electron chi connectivity index (χ1n) is 11.6. The SMILES string of the molecule is C/C=c1/c(=O)c(/C=C(\C=C(/C)O)SSC2=CC3=C(CC(O)=C2)Sc2ccccc2C(=O)C3)cs/c1=C/C. The number of ketones is 1. The van der Waals surface area contributed by atoms with Crippen molar-refractivity contribution >= 4 is 68.7 Å². The molecule has 190 valence electrons. The Bertz CT molecular complexity index is 1580. The first kappa shape index (κ1) is 27.4. The fourth-order valence-corrected chi connectivity index (χ4v) is 8.13. The number of carbonyl (C=O) groups is 1. The lowest BCUT2D eigenvalue weighted by atomic mass is 10.0. The van der Waals surface area contributed by atoms with E-state index in [0.29, 0.717) is 27.7 Å². The van der Waals surface area contributed by atoms with E-state index in [4.69, 9.17) is 0 Å². The first-order valence-corrected chi connectivity index (χ1v) is 15.4. The van der Waals surface area contributed by atoms with E-state index >= 15 is 0 Å². The van der Waals surface area contributed by atoms with E-state index in [1.165, 1.54) is 44.7 Å². The van der Waals surface area contributed by atoms with Gasteiger partial charge in [-0.1, -0.05) is 63.7 Å². The van der Waals surface area contributed by atoms with Crippen LogP contribution in [-0.2, 0) is 0 Å². The van der Waals surface area contributed by atoms with Crippen molar-refractivity contribution in [1.82, 2.24) is 0 Å². The van der Waals surface area contributed by atoms with E-state index < -0.39 is 0 Å². The molecule has 2 aromatic rings. The summed E-state index contributed by atoms with van der Waals surface area (Å²) in [6, 6.07) is 7.57. The van der Waals surface area contributed by atoms with Gasteiger partial charge in [-0.2, -0.15) is 0 Å². The number of carbonyl (C=O) groups excluding carboxylic acids is 1. The van der Waals surface area contributed by atoms with Crippen molar-refractivity contribution < 1.29 is 15.0 Å². The minimum atomic E-state index is -0.0592. The molecular formula is C29H26O4S4. The summed E-state index contributed by atoms with van der Waals surface area (Å²) in [7, 11) is 2.78. The highest BCUT2D eigenvalue weighted by atomic mass is 33.1. The van der Waals surface area contributed by atoms with Crippen LogP contribution in [-0.4, -0.2) is 16.0 Å². The lowest BCUT2D eigenvalue weighted by molar-refractivity contribution is 0.0991. The molecule has 0 unspecified atom stereocenters. The van der Waals surface area contributed by atoms with Crippen LogP contribution in [0, 0.1) is 0 Å². The van der Waals surface area contributed by atoms with Crippen LogP contribution in [0.1, 0.15) is 49.5 Å². The molecule has 1 aliphatic heterocycles. The van der Waals surface area contributed by atoms with Gasteiger partial charge in [0, 0.05) is 58.7 Å². The largest absolute Gasteiger partial charge is 0.513 e. The van der Waals surface area contributed by atoms with Gasteiger partial charge < -0.3 is 10.2 Å². The van der Waals surface area contributed by atoms with E-state index in [2.05, 4.69) is 0 Å². The van der Waals surface area contributed by atoms with Crippen molar-refractivity contribution in [3.05, 3.63) is 111 Å². The molecule has 0 atom stereocenters. The van der Waals surface area contributed by atoms with Crippen molar-refractivity contribution in [2.75, 3.05) is 0 Å². The summed E-state index contributed by atoms with van der Waals surface area (Å²) in [5.74, 6) is 0.405. The second kappa shape index (κ2) is 12.3. The predicted molar refractivity (Wildman–Crippen MR) is 161 cm³/mol. The molecule has 4 rings (SSSR count). The minimum Gasteiger partial charge on any atom is -0.513 e. The third-order valence-corrected chi connectivity index (χ3v) is 10.3. The highest BCUT2D eigenvalue weighted by Gasteiger charge is 2.24. The summed E-state index contributed by atoms with van der Waals surface area (Å²) < 4.78 is 0.924. The average molecular weight is 567 g/mol. The number of Topliss-reactive ketones (excluding diaryl/α,β-unsaturated/α-hetero) is 1. The third-order valence-electron chi connectivity index (χ3n) is 5.62. The summed E-state index contributed by atoms with van der Waals surface area (Å²) in [5.41, 5.74) is 2.09. The zero-order valence-electron chi connectivity index (χ0n) is 20.6. The Hall–Kier alpha value is -2.65. The second-order valence-corrected chi connectivity index (χ2v) is 12.7. The van der Waals surface area contributed by atoms with Gasteiger partial charge in [-0.3, -0.25) is 9.59 Å². The highest BCUT2D eigenvalue weighted by molar-refractivity contribution is 8.79. The number of fused-ring (bicyclic) bond motifs is 1. The van der Waals surface area contributed by atoms with Crippen LogP contribution in [0.3, 0.4) is 0 Å². The van der Waals surface area contributed by atoms with E-state index in [0.717, 1.165) is 24.8 Å². The van der Waals surface area contributed by atoms with Gasteiger partial charge in [0.1, 0.15) is 0 Å². The zero-order chi connectivity index (χ0) is 26.5. The number of rotatable bonds is 5. The molecule has 1 aromatic heterocycles. The summed E-state index contributed by atoms with van der Waals surface area (Å²) in [4.78, 5) is 29.3. The van der Waals surface area contributed by atoms with Crippen LogP contribution in [0.4, 0.5) is 0 Å². The summed E-state index contributed by atoms with van der Waals surface area (Å²) in [6.07, 6.45) is 11.4. The maximum Gasteiger partial charge on any atom is 0.194 e. The highest BCUT2D eigenvalue weighted by Crippen LogP contribution is 2.45. The molecule has 0 amide bonds. The molecule has 1 aromatic carbocycles. The average Bonchev–Trinajstić information content (AvgIpc) is 3.08. The molecule has 4 nitrogen and oxygen atoms in total. The van der Waals surface area contributed by atoms with Crippen LogP contribution in [0.2, 0.25) is 0 Å². The first-order chi connectivity index (χ1) is 17.8. The number of benzene rings is 1. The van der Waals surface area contributed by atoms with E-state index in [-0.39, 0.29) is 29.2 Å². The standard InChI is InChI=1S/C29H26O4S4/c1-4-23-26(5-2)34-16-19(29(23)33)12-21(10-17(3)30)36-37-22-11-18-13-25(32)24-8-6-7-9-27(24)35-28(18)15-20(31)14-22/h4-12,14,16,30-31H,13,15H2,1-3H3/b17-10+,21-12+,23-4+,26-5+. The lowest BCUT2D eigenvalue weighted by Crippen LogP contribution is -2.37. The molecule has 0 saturated carbocycles. The molecule has 0 bridgehead atoms. The summed E-state index contributed by atoms with van der Waals surface area (Å²) >= 11 is 3.03. The van der Waals surface area contributed by atoms with E-state index in [1.807, 2.05) is 61.7 Å². The van der Waals surface area contributed by atoms with Gasteiger partial charge in [0.05, 0.1) is 11.5 Å². The predicted octanol–water partition coefficient (Wildman–Crippen LogP) is 7.26.